The highest BCUT2D eigenvalue weighted by atomic mass is 16.2. The highest BCUT2D eigenvalue weighted by Crippen LogP contribution is 2.28. The summed E-state index contributed by atoms with van der Waals surface area (Å²) in [7, 11) is 3.82. The molecule has 1 saturated carbocycles. The van der Waals surface area contributed by atoms with Crippen LogP contribution in [0.15, 0.2) is 0 Å². The van der Waals surface area contributed by atoms with Gasteiger partial charge in [-0.25, -0.2) is 0 Å². The predicted molar refractivity (Wildman–Crippen MR) is 78.2 cm³/mol. The van der Waals surface area contributed by atoms with Crippen LogP contribution in [-0.4, -0.2) is 61.4 Å². The molecule has 1 saturated heterocycles. The first kappa shape index (κ1) is 15.3. The largest absolute Gasteiger partial charge is 0.356 e. The predicted octanol–water partition coefficient (Wildman–Crippen LogP) is 0.701. The van der Waals surface area contributed by atoms with E-state index >= 15 is 0 Å². The first-order valence-electron chi connectivity index (χ1n) is 7.72. The van der Waals surface area contributed by atoms with Crippen LogP contribution in [0.2, 0.25) is 0 Å². The van der Waals surface area contributed by atoms with E-state index in [1.54, 1.807) is 0 Å². The monoisotopic (exact) mass is 281 g/mol. The second-order valence-corrected chi connectivity index (χ2v) is 6.45. The number of rotatable bonds is 5. The van der Waals surface area contributed by atoms with Gasteiger partial charge in [-0.05, 0) is 52.6 Å². The number of nitrogens with zero attached hydrogens (tertiary/aromatic N) is 2. The van der Waals surface area contributed by atoms with E-state index in [4.69, 9.17) is 0 Å². The minimum atomic E-state index is -0.122. The Balaban J connectivity index is 1.83. The van der Waals surface area contributed by atoms with E-state index in [9.17, 15) is 9.59 Å². The summed E-state index contributed by atoms with van der Waals surface area (Å²) in [5, 5.41) is 3.04. The summed E-state index contributed by atoms with van der Waals surface area (Å²) in [6.45, 7) is 4.09. The van der Waals surface area contributed by atoms with Crippen molar-refractivity contribution in [2.75, 3.05) is 33.7 Å². The molecule has 1 heterocycles. The fourth-order valence-electron chi connectivity index (χ4n) is 2.59. The average molecular weight is 281 g/mol. The number of carbonyl (C=O) groups excluding carboxylic acids is 2. The van der Waals surface area contributed by atoms with E-state index in [-0.39, 0.29) is 23.8 Å². The second-order valence-electron chi connectivity index (χ2n) is 6.45. The average Bonchev–Trinajstić information content (AvgIpc) is 3.27. The Morgan fingerprint density at radius 2 is 2.00 bits per heavy atom. The molecule has 2 amide bonds. The molecule has 0 aromatic rings. The third-order valence-electron chi connectivity index (χ3n) is 4.50. The highest BCUT2D eigenvalue weighted by Gasteiger charge is 2.31. The van der Waals surface area contributed by atoms with Crippen LogP contribution in [0.4, 0.5) is 0 Å². The number of nitrogens with one attached hydrogen (secondary N) is 1. The molecule has 114 valence electrons. The van der Waals surface area contributed by atoms with Gasteiger partial charge in [0.1, 0.15) is 0 Å². The van der Waals surface area contributed by atoms with Crippen molar-refractivity contribution in [1.29, 1.82) is 0 Å². The lowest BCUT2D eigenvalue weighted by Crippen LogP contribution is -2.50. The van der Waals surface area contributed by atoms with Crippen LogP contribution in [-0.2, 0) is 9.59 Å². The number of hydrogen-bond donors (Lipinski definition) is 1. The van der Waals surface area contributed by atoms with Gasteiger partial charge >= 0.3 is 0 Å². The van der Waals surface area contributed by atoms with Crippen molar-refractivity contribution in [2.24, 2.45) is 11.8 Å². The molecule has 0 aromatic heterocycles. The summed E-state index contributed by atoms with van der Waals surface area (Å²) < 4.78 is 0. The molecule has 1 unspecified atom stereocenters. The molecule has 2 atom stereocenters. The maximum atomic E-state index is 12.3. The lowest BCUT2D eigenvalue weighted by molar-refractivity contribution is -0.139. The Morgan fingerprint density at radius 3 is 2.60 bits per heavy atom. The van der Waals surface area contributed by atoms with Gasteiger partial charge in [0.05, 0.1) is 12.0 Å². The van der Waals surface area contributed by atoms with Gasteiger partial charge in [0.2, 0.25) is 11.8 Å². The van der Waals surface area contributed by atoms with Crippen LogP contribution in [0.5, 0.6) is 0 Å². The normalized spacial score (nSPS) is 24.6. The first-order chi connectivity index (χ1) is 9.49. The van der Waals surface area contributed by atoms with Crippen LogP contribution in [0.25, 0.3) is 0 Å². The fraction of sp³-hybridized carbons (Fsp3) is 0.867. The standard InChI is InChI=1S/C15H27N3O2/c1-11(17(2)3)15(20)18-8-4-5-13(10-18)14(19)16-9-12-6-7-12/h11-13H,4-10H2,1-3H3,(H,16,19)/t11-,13?/m0/s1. The van der Waals surface area contributed by atoms with Crippen molar-refractivity contribution in [2.45, 2.75) is 38.6 Å². The summed E-state index contributed by atoms with van der Waals surface area (Å²) >= 11 is 0. The zero-order valence-corrected chi connectivity index (χ0v) is 12.9. The van der Waals surface area contributed by atoms with Gasteiger partial charge in [0, 0.05) is 19.6 Å². The fourth-order valence-corrected chi connectivity index (χ4v) is 2.59. The van der Waals surface area contributed by atoms with E-state index in [1.165, 1.54) is 12.8 Å². The van der Waals surface area contributed by atoms with E-state index in [2.05, 4.69) is 5.32 Å². The lowest BCUT2D eigenvalue weighted by Gasteiger charge is -2.35. The molecule has 20 heavy (non-hydrogen) atoms. The van der Waals surface area contributed by atoms with Crippen LogP contribution in [0.1, 0.15) is 32.6 Å². The molecule has 1 aliphatic heterocycles. The summed E-state index contributed by atoms with van der Waals surface area (Å²) in [6.07, 6.45) is 4.32. The summed E-state index contributed by atoms with van der Waals surface area (Å²) in [6, 6.07) is -0.122. The third kappa shape index (κ3) is 3.95. The topological polar surface area (TPSA) is 52.7 Å². The number of carbonyl (C=O) groups is 2. The zero-order chi connectivity index (χ0) is 14.7. The number of likely N-dealkylation sites (N-methyl/N-ethyl adjacent to an activating group) is 1. The highest BCUT2D eigenvalue weighted by molar-refractivity contribution is 5.83. The lowest BCUT2D eigenvalue weighted by atomic mass is 9.96. The molecule has 5 nitrogen and oxygen atoms in total. The Kier molecular flexibility index (Phi) is 5.02. The van der Waals surface area contributed by atoms with Gasteiger partial charge in [-0.15, -0.1) is 0 Å². The molecule has 0 radical (unpaired) electrons. The molecule has 0 aromatic carbocycles. The Morgan fingerprint density at radius 1 is 1.30 bits per heavy atom. The smallest absolute Gasteiger partial charge is 0.239 e. The molecule has 2 aliphatic rings. The molecule has 5 heteroatoms. The maximum absolute atomic E-state index is 12.3. The second kappa shape index (κ2) is 6.57. The van der Waals surface area contributed by atoms with Gasteiger partial charge in [-0.2, -0.15) is 0 Å². The minimum Gasteiger partial charge on any atom is -0.356 e. The van der Waals surface area contributed by atoms with Gasteiger partial charge < -0.3 is 10.2 Å². The van der Waals surface area contributed by atoms with E-state index in [0.29, 0.717) is 12.5 Å². The van der Waals surface area contributed by atoms with Crippen LogP contribution in [0, 0.1) is 11.8 Å². The molecular formula is C15H27N3O2. The molecule has 1 N–H and O–H groups in total. The summed E-state index contributed by atoms with van der Waals surface area (Å²) in [5.41, 5.74) is 0. The molecule has 1 aliphatic carbocycles. The minimum absolute atomic E-state index is 0.0270. The quantitative estimate of drug-likeness (QED) is 0.807. The molecule has 2 fully saturated rings. The molecule has 2 rings (SSSR count). The Hall–Kier alpha value is -1.10. The Labute approximate surface area is 121 Å². The van der Waals surface area contributed by atoms with Crippen LogP contribution in [0.3, 0.4) is 0 Å². The van der Waals surface area contributed by atoms with Gasteiger partial charge in [-0.1, -0.05) is 0 Å². The number of piperidine rings is 1. The molecular weight excluding hydrogens is 254 g/mol. The van der Waals surface area contributed by atoms with E-state index in [0.717, 1.165) is 25.9 Å². The summed E-state index contributed by atoms with van der Waals surface area (Å²) in [5.74, 6) is 0.941. The van der Waals surface area contributed by atoms with Crippen molar-refractivity contribution in [1.82, 2.24) is 15.1 Å². The van der Waals surface area contributed by atoms with Gasteiger partial charge in [0.25, 0.3) is 0 Å². The summed E-state index contributed by atoms with van der Waals surface area (Å²) in [4.78, 5) is 28.3. The number of amides is 2. The van der Waals surface area contributed by atoms with Gasteiger partial charge in [-0.3, -0.25) is 14.5 Å². The third-order valence-corrected chi connectivity index (χ3v) is 4.50. The van der Waals surface area contributed by atoms with Crippen LogP contribution < -0.4 is 5.32 Å². The van der Waals surface area contributed by atoms with Crippen LogP contribution >= 0.6 is 0 Å². The van der Waals surface area contributed by atoms with Crippen molar-refractivity contribution in [3.05, 3.63) is 0 Å². The van der Waals surface area contributed by atoms with Gasteiger partial charge in [0.15, 0.2) is 0 Å². The SMILES string of the molecule is C[C@@H](C(=O)N1CCCC(C(=O)NCC2CC2)C1)N(C)C. The number of hydrogen-bond acceptors (Lipinski definition) is 3. The Bertz CT molecular complexity index is 366. The first-order valence-corrected chi connectivity index (χ1v) is 7.72. The van der Waals surface area contributed by atoms with Crippen molar-refractivity contribution in [3.63, 3.8) is 0 Å². The van der Waals surface area contributed by atoms with E-state index in [1.807, 2.05) is 30.8 Å². The molecule has 0 spiro atoms. The molecule has 0 bridgehead atoms. The van der Waals surface area contributed by atoms with Crippen molar-refractivity contribution in [3.8, 4) is 0 Å². The van der Waals surface area contributed by atoms with E-state index < -0.39 is 0 Å². The van der Waals surface area contributed by atoms with Crippen molar-refractivity contribution < 1.29 is 9.59 Å². The zero-order valence-electron chi connectivity index (χ0n) is 12.9. The van der Waals surface area contributed by atoms with Crippen molar-refractivity contribution >= 4 is 11.8 Å². The number of likely N-dealkylation sites (tertiary alicyclic amines) is 1. The maximum Gasteiger partial charge on any atom is 0.239 e.